The van der Waals surface area contributed by atoms with Crippen molar-refractivity contribution in [3.8, 4) is 0 Å². The molecule has 3 rings (SSSR count). The summed E-state index contributed by atoms with van der Waals surface area (Å²) in [6.07, 6.45) is 0.744. The number of nitrogens with one attached hydrogen (secondary N) is 1. The fourth-order valence-corrected chi connectivity index (χ4v) is 2.82. The number of fused-ring (bicyclic) bond motifs is 3. The molecule has 0 saturated heterocycles. The number of carbonyl (C=O) groups is 1. The molecule has 0 bridgehead atoms. The highest BCUT2D eigenvalue weighted by atomic mass is 19.2. The van der Waals surface area contributed by atoms with Crippen LogP contribution in [0.15, 0.2) is 6.07 Å². The average molecular weight is 267 g/mol. The quantitative estimate of drug-likeness (QED) is 0.725. The van der Waals surface area contributed by atoms with Crippen molar-refractivity contribution >= 4 is 16.7 Å². The van der Waals surface area contributed by atoms with Gasteiger partial charge in [-0.3, -0.25) is 4.79 Å². The first-order valence-electron chi connectivity index (χ1n) is 6.01. The van der Waals surface area contributed by atoms with Gasteiger partial charge in [0.25, 0.3) is 0 Å². The van der Waals surface area contributed by atoms with Gasteiger partial charge in [0.05, 0.1) is 10.9 Å². The van der Waals surface area contributed by atoms with Crippen LogP contribution in [0.2, 0.25) is 0 Å². The lowest BCUT2D eigenvalue weighted by Gasteiger charge is -2.28. The molecule has 0 fully saturated rings. The van der Waals surface area contributed by atoms with Gasteiger partial charge in [-0.1, -0.05) is 13.8 Å². The lowest BCUT2D eigenvalue weighted by atomic mass is 9.76. The Bertz CT molecular complexity index is 715. The predicted molar refractivity (Wildman–Crippen MR) is 64.6 cm³/mol. The van der Waals surface area contributed by atoms with Crippen molar-refractivity contribution in [3.63, 3.8) is 0 Å². The Morgan fingerprint density at radius 2 is 1.84 bits per heavy atom. The Morgan fingerprint density at radius 3 is 2.53 bits per heavy atom. The standard InChI is InChI=1S/C14H12F3NO/c1-14(2)4-8-10(9(19)5-14)11-12(17)6(15)3-7(16)13(11)18-8/h3,18H,4-5H2,1-2H3. The molecule has 0 spiro atoms. The van der Waals surface area contributed by atoms with Gasteiger partial charge in [-0.25, -0.2) is 13.2 Å². The minimum Gasteiger partial charge on any atom is -0.355 e. The summed E-state index contributed by atoms with van der Waals surface area (Å²) in [5, 5.41) is -0.256. The zero-order valence-electron chi connectivity index (χ0n) is 10.5. The summed E-state index contributed by atoms with van der Waals surface area (Å²) in [6, 6.07) is 0.495. The maximum Gasteiger partial charge on any atom is 0.169 e. The van der Waals surface area contributed by atoms with E-state index in [1.54, 1.807) is 0 Å². The molecule has 0 atom stereocenters. The van der Waals surface area contributed by atoms with E-state index in [4.69, 9.17) is 0 Å². The molecule has 1 aromatic heterocycles. The van der Waals surface area contributed by atoms with E-state index in [-0.39, 0.29) is 34.1 Å². The number of aromatic amines is 1. The summed E-state index contributed by atoms with van der Waals surface area (Å²) >= 11 is 0. The zero-order chi connectivity index (χ0) is 13.9. The van der Waals surface area contributed by atoms with Crippen LogP contribution in [0.3, 0.4) is 0 Å². The van der Waals surface area contributed by atoms with Crippen LogP contribution in [0.1, 0.15) is 36.3 Å². The van der Waals surface area contributed by atoms with Crippen molar-refractivity contribution in [2.45, 2.75) is 26.7 Å². The second kappa shape index (κ2) is 3.62. The summed E-state index contributed by atoms with van der Waals surface area (Å²) in [6.45, 7) is 3.82. The Morgan fingerprint density at radius 1 is 1.16 bits per heavy atom. The maximum atomic E-state index is 13.9. The molecule has 1 aliphatic rings. The third-order valence-corrected chi connectivity index (χ3v) is 3.57. The van der Waals surface area contributed by atoms with E-state index in [0.717, 1.165) is 0 Å². The van der Waals surface area contributed by atoms with Crippen LogP contribution in [0, 0.1) is 22.9 Å². The third-order valence-electron chi connectivity index (χ3n) is 3.57. The number of benzene rings is 1. The summed E-state index contributed by atoms with van der Waals surface area (Å²) < 4.78 is 40.8. The van der Waals surface area contributed by atoms with Gasteiger partial charge < -0.3 is 4.98 Å². The van der Waals surface area contributed by atoms with Crippen LogP contribution in [0.5, 0.6) is 0 Å². The van der Waals surface area contributed by atoms with Crippen LogP contribution in [-0.2, 0) is 6.42 Å². The minimum atomic E-state index is -1.27. The van der Waals surface area contributed by atoms with Crippen LogP contribution >= 0.6 is 0 Å². The lowest BCUT2D eigenvalue weighted by molar-refractivity contribution is 0.0913. The summed E-state index contributed by atoms with van der Waals surface area (Å²) in [7, 11) is 0. The fraction of sp³-hybridized carbons (Fsp3) is 0.357. The number of ketones is 1. The van der Waals surface area contributed by atoms with Crippen molar-refractivity contribution in [1.82, 2.24) is 4.98 Å². The molecule has 0 unspecified atom stereocenters. The number of halogens is 3. The molecule has 5 heteroatoms. The number of aromatic nitrogens is 1. The SMILES string of the molecule is CC1(C)CC(=O)c2c([nH]c3c(F)cc(F)c(F)c23)C1. The van der Waals surface area contributed by atoms with Crippen LogP contribution in [0.4, 0.5) is 13.2 Å². The largest absolute Gasteiger partial charge is 0.355 e. The summed E-state index contributed by atoms with van der Waals surface area (Å²) in [4.78, 5) is 14.9. The first-order chi connectivity index (χ1) is 8.80. The molecule has 0 aliphatic heterocycles. The zero-order valence-corrected chi connectivity index (χ0v) is 10.5. The number of Topliss-reactive ketones (excluding diaryl/α,β-unsaturated/α-hetero) is 1. The van der Waals surface area contributed by atoms with Gasteiger partial charge in [0, 0.05) is 23.7 Å². The van der Waals surface area contributed by atoms with Gasteiger partial charge in [0.15, 0.2) is 17.4 Å². The predicted octanol–water partition coefficient (Wildman–Crippen LogP) is 3.74. The second-order valence-corrected chi connectivity index (χ2v) is 5.82. The Hall–Kier alpha value is -1.78. The monoisotopic (exact) mass is 267 g/mol. The second-order valence-electron chi connectivity index (χ2n) is 5.82. The van der Waals surface area contributed by atoms with E-state index in [1.165, 1.54) is 0 Å². The molecular formula is C14H12F3NO. The van der Waals surface area contributed by atoms with Gasteiger partial charge in [-0.15, -0.1) is 0 Å². The molecule has 1 N–H and O–H groups in total. The van der Waals surface area contributed by atoms with Crippen molar-refractivity contribution < 1.29 is 18.0 Å². The molecule has 0 radical (unpaired) electrons. The molecule has 1 heterocycles. The van der Waals surface area contributed by atoms with E-state index in [0.29, 0.717) is 18.2 Å². The van der Waals surface area contributed by atoms with Crippen LogP contribution < -0.4 is 0 Å². The van der Waals surface area contributed by atoms with E-state index < -0.39 is 17.5 Å². The number of hydrogen-bond donors (Lipinski definition) is 1. The van der Waals surface area contributed by atoms with Crippen molar-refractivity contribution in [2.75, 3.05) is 0 Å². The smallest absolute Gasteiger partial charge is 0.169 e. The van der Waals surface area contributed by atoms with E-state index in [1.807, 2.05) is 13.8 Å². The molecule has 1 aliphatic carbocycles. The topological polar surface area (TPSA) is 32.9 Å². The molecule has 0 amide bonds. The normalized spacial score (nSPS) is 17.8. The highest BCUT2D eigenvalue weighted by Crippen LogP contribution is 2.39. The van der Waals surface area contributed by atoms with E-state index >= 15 is 0 Å². The molecule has 2 nitrogen and oxygen atoms in total. The van der Waals surface area contributed by atoms with Crippen molar-refractivity contribution in [1.29, 1.82) is 0 Å². The molecule has 100 valence electrons. The van der Waals surface area contributed by atoms with E-state index in [9.17, 15) is 18.0 Å². The number of rotatable bonds is 0. The summed E-state index contributed by atoms with van der Waals surface area (Å²) in [5.41, 5.74) is 0.191. The number of hydrogen-bond acceptors (Lipinski definition) is 1. The Balaban J connectivity index is 2.40. The molecule has 19 heavy (non-hydrogen) atoms. The molecule has 2 aromatic rings. The van der Waals surface area contributed by atoms with Crippen molar-refractivity contribution in [2.24, 2.45) is 5.41 Å². The highest BCUT2D eigenvalue weighted by Gasteiger charge is 2.35. The lowest BCUT2D eigenvalue weighted by Crippen LogP contribution is -2.26. The summed E-state index contributed by atoms with van der Waals surface area (Å²) in [5.74, 6) is -3.60. The highest BCUT2D eigenvalue weighted by molar-refractivity contribution is 6.10. The maximum absolute atomic E-state index is 13.9. The first kappa shape index (κ1) is 12.3. The minimum absolute atomic E-state index is 0.102. The van der Waals surface area contributed by atoms with Gasteiger partial charge >= 0.3 is 0 Å². The average Bonchev–Trinajstić information content (AvgIpc) is 2.64. The van der Waals surface area contributed by atoms with Gasteiger partial charge in [-0.2, -0.15) is 0 Å². The van der Waals surface area contributed by atoms with Gasteiger partial charge in [0.2, 0.25) is 0 Å². The Kier molecular flexibility index (Phi) is 2.34. The first-order valence-corrected chi connectivity index (χ1v) is 6.01. The molecule has 0 saturated carbocycles. The van der Waals surface area contributed by atoms with Gasteiger partial charge in [0.1, 0.15) is 5.82 Å². The fourth-order valence-electron chi connectivity index (χ4n) is 2.82. The Labute approximate surface area is 107 Å². The van der Waals surface area contributed by atoms with E-state index in [2.05, 4.69) is 4.98 Å². The van der Waals surface area contributed by atoms with Crippen LogP contribution in [-0.4, -0.2) is 10.8 Å². The van der Waals surface area contributed by atoms with Crippen molar-refractivity contribution in [3.05, 3.63) is 34.8 Å². The molecular weight excluding hydrogens is 255 g/mol. The molecule has 1 aromatic carbocycles. The number of H-pyrrole nitrogens is 1. The van der Waals surface area contributed by atoms with Gasteiger partial charge in [-0.05, 0) is 11.8 Å². The number of carbonyl (C=O) groups excluding carboxylic acids is 1. The van der Waals surface area contributed by atoms with Crippen LogP contribution in [0.25, 0.3) is 10.9 Å². The third kappa shape index (κ3) is 1.68.